The number of benzene rings is 1. The lowest BCUT2D eigenvalue weighted by atomic mass is 10.0. The van der Waals surface area contributed by atoms with E-state index in [1.807, 2.05) is 30.3 Å². The van der Waals surface area contributed by atoms with E-state index in [4.69, 9.17) is 0 Å². The predicted octanol–water partition coefficient (Wildman–Crippen LogP) is -0.0400. The molecule has 0 radical (unpaired) electrons. The van der Waals surface area contributed by atoms with E-state index >= 15 is 0 Å². The number of carbonyl (C=O) groups is 3. The van der Waals surface area contributed by atoms with Crippen molar-refractivity contribution in [3.8, 4) is 0 Å². The molecule has 3 N–H and O–H groups in total. The molecule has 0 aliphatic carbocycles. The average molecular weight is 348 g/mol. The normalized spacial score (nSPS) is 22.7. The van der Waals surface area contributed by atoms with Crippen LogP contribution in [-0.2, 0) is 20.8 Å². The Morgan fingerprint density at radius 1 is 1.29 bits per heavy atom. The number of fused-ring (bicyclic) bond motifs is 1. The topological polar surface area (TPSA) is 107 Å². The second-order valence-electron chi connectivity index (χ2n) is 5.53. The fraction of sp³-hybridized carbons (Fsp3) is 0.312. The van der Waals surface area contributed by atoms with Crippen molar-refractivity contribution in [1.82, 2.24) is 10.2 Å². The highest BCUT2D eigenvalue weighted by Crippen LogP contribution is 2.40. The molecule has 1 aromatic carbocycles. The summed E-state index contributed by atoms with van der Waals surface area (Å²) in [4.78, 5) is 36.9. The summed E-state index contributed by atoms with van der Waals surface area (Å²) in [6, 6.07) is 8.42. The summed E-state index contributed by atoms with van der Waals surface area (Å²) in [6.07, 6.45) is 0.158. The summed E-state index contributed by atoms with van der Waals surface area (Å²) in [5, 5.41) is 20.8. The largest absolute Gasteiger partial charge is 0.477 e. The highest BCUT2D eigenvalue weighted by Gasteiger charge is 2.54. The third-order valence-corrected chi connectivity index (χ3v) is 5.30. The quantitative estimate of drug-likeness (QED) is 0.645. The predicted molar refractivity (Wildman–Crippen MR) is 86.9 cm³/mol. The van der Waals surface area contributed by atoms with E-state index in [1.165, 1.54) is 11.8 Å². The van der Waals surface area contributed by atoms with Crippen molar-refractivity contribution in [3.05, 3.63) is 47.2 Å². The first-order valence-electron chi connectivity index (χ1n) is 7.37. The highest BCUT2D eigenvalue weighted by molar-refractivity contribution is 8.00. The number of amides is 2. The number of carboxylic acids is 1. The van der Waals surface area contributed by atoms with Crippen molar-refractivity contribution in [3.63, 3.8) is 0 Å². The third-order valence-electron chi connectivity index (χ3n) is 3.96. The summed E-state index contributed by atoms with van der Waals surface area (Å²) in [7, 11) is 0. The van der Waals surface area contributed by atoms with Gasteiger partial charge in [-0.05, 0) is 11.1 Å². The standard InChI is InChI=1S/C16H16N2O5S/c19-7-10-8-24-15-12(14(21)18(15)13(10)16(22)23)17-11(20)6-9-4-2-1-3-5-9/h1-5,12,15,19H,6-8H2,(H,17,20)(H,22,23)/t12?,15-/m1/s1. The van der Waals surface area contributed by atoms with Crippen molar-refractivity contribution in [2.24, 2.45) is 0 Å². The van der Waals surface area contributed by atoms with Crippen LogP contribution >= 0.6 is 11.8 Å². The minimum Gasteiger partial charge on any atom is -0.477 e. The van der Waals surface area contributed by atoms with Crippen molar-refractivity contribution in [1.29, 1.82) is 0 Å². The molecule has 1 fully saturated rings. The molecule has 1 unspecified atom stereocenters. The summed E-state index contributed by atoms with van der Waals surface area (Å²) < 4.78 is 0. The van der Waals surface area contributed by atoms with Crippen LogP contribution in [-0.4, -0.2) is 56.7 Å². The van der Waals surface area contributed by atoms with Gasteiger partial charge in [-0.1, -0.05) is 30.3 Å². The molecule has 0 bridgehead atoms. The Bertz CT molecular complexity index is 718. The van der Waals surface area contributed by atoms with Crippen LogP contribution < -0.4 is 5.32 Å². The number of aliphatic carboxylic acids is 1. The Labute approximate surface area is 142 Å². The number of hydrogen-bond donors (Lipinski definition) is 3. The van der Waals surface area contributed by atoms with Gasteiger partial charge in [-0.3, -0.25) is 14.5 Å². The molecule has 24 heavy (non-hydrogen) atoms. The van der Waals surface area contributed by atoms with E-state index < -0.39 is 29.9 Å². The molecule has 1 saturated heterocycles. The van der Waals surface area contributed by atoms with Crippen LogP contribution in [0.4, 0.5) is 0 Å². The van der Waals surface area contributed by atoms with Crippen molar-refractivity contribution < 1.29 is 24.6 Å². The van der Waals surface area contributed by atoms with Gasteiger partial charge in [-0.2, -0.15) is 0 Å². The third kappa shape index (κ3) is 2.90. The molecule has 7 nitrogen and oxygen atoms in total. The van der Waals surface area contributed by atoms with E-state index in [-0.39, 0.29) is 18.0 Å². The molecular weight excluding hydrogens is 332 g/mol. The fourth-order valence-electron chi connectivity index (χ4n) is 2.81. The van der Waals surface area contributed by atoms with E-state index in [9.17, 15) is 24.6 Å². The monoisotopic (exact) mass is 348 g/mol. The SMILES string of the molecule is O=C(Cc1ccccc1)NC1C(=O)N2C(C(=O)O)=C(CO)CS[C@H]12. The Hall–Kier alpha value is -2.32. The molecular formula is C16H16N2O5S. The van der Waals surface area contributed by atoms with Crippen LogP contribution in [0.15, 0.2) is 41.6 Å². The Kier molecular flexibility index (Phi) is 4.59. The van der Waals surface area contributed by atoms with Crippen LogP contribution in [0.1, 0.15) is 5.56 Å². The number of aliphatic hydroxyl groups is 1. The van der Waals surface area contributed by atoms with Gasteiger partial charge < -0.3 is 15.5 Å². The number of thioether (sulfide) groups is 1. The molecule has 1 aromatic rings. The maximum atomic E-state index is 12.3. The zero-order chi connectivity index (χ0) is 17.3. The van der Waals surface area contributed by atoms with Gasteiger partial charge in [-0.25, -0.2) is 4.79 Å². The van der Waals surface area contributed by atoms with Gasteiger partial charge in [0.25, 0.3) is 5.91 Å². The zero-order valence-electron chi connectivity index (χ0n) is 12.6. The minimum absolute atomic E-state index is 0.158. The summed E-state index contributed by atoms with van der Waals surface area (Å²) >= 11 is 1.34. The molecule has 2 heterocycles. The molecule has 0 spiro atoms. The summed E-state index contributed by atoms with van der Waals surface area (Å²) in [5.41, 5.74) is 0.981. The lowest BCUT2D eigenvalue weighted by molar-refractivity contribution is -0.150. The minimum atomic E-state index is -1.24. The first kappa shape index (κ1) is 16.5. The van der Waals surface area contributed by atoms with Gasteiger partial charge in [0.05, 0.1) is 13.0 Å². The van der Waals surface area contributed by atoms with Crippen LogP contribution in [0.5, 0.6) is 0 Å². The Balaban J connectivity index is 1.69. The maximum Gasteiger partial charge on any atom is 0.352 e. The van der Waals surface area contributed by atoms with Gasteiger partial charge in [0.2, 0.25) is 5.91 Å². The lowest BCUT2D eigenvalue weighted by Crippen LogP contribution is -2.70. The number of β-lactam (4-membered cyclic amide) rings is 1. The highest BCUT2D eigenvalue weighted by atomic mass is 32.2. The summed E-state index contributed by atoms with van der Waals surface area (Å²) in [5.74, 6) is -1.67. The fourth-order valence-corrected chi connectivity index (χ4v) is 4.15. The molecule has 2 atom stereocenters. The molecule has 8 heteroatoms. The van der Waals surface area contributed by atoms with E-state index in [2.05, 4.69) is 5.32 Å². The number of carboxylic acid groups (broad SMARTS) is 1. The van der Waals surface area contributed by atoms with Gasteiger partial charge in [0.1, 0.15) is 17.1 Å². The average Bonchev–Trinajstić information content (AvgIpc) is 2.58. The Morgan fingerprint density at radius 2 is 2.00 bits per heavy atom. The number of hydrogen-bond acceptors (Lipinski definition) is 5. The van der Waals surface area contributed by atoms with Crippen molar-refractivity contribution in [2.45, 2.75) is 17.8 Å². The van der Waals surface area contributed by atoms with Crippen molar-refractivity contribution in [2.75, 3.05) is 12.4 Å². The number of aliphatic hydroxyl groups excluding tert-OH is 1. The smallest absolute Gasteiger partial charge is 0.352 e. The van der Waals surface area contributed by atoms with E-state index in [0.717, 1.165) is 10.5 Å². The molecule has 2 amide bonds. The van der Waals surface area contributed by atoms with E-state index in [0.29, 0.717) is 11.3 Å². The zero-order valence-corrected chi connectivity index (χ0v) is 13.5. The molecule has 2 aliphatic heterocycles. The van der Waals surface area contributed by atoms with Crippen LogP contribution in [0.3, 0.4) is 0 Å². The van der Waals surface area contributed by atoms with Crippen LogP contribution in [0.25, 0.3) is 0 Å². The van der Waals surface area contributed by atoms with Gasteiger partial charge >= 0.3 is 5.97 Å². The Morgan fingerprint density at radius 3 is 2.62 bits per heavy atom. The lowest BCUT2D eigenvalue weighted by Gasteiger charge is -2.49. The molecule has 0 saturated carbocycles. The van der Waals surface area contributed by atoms with Crippen molar-refractivity contribution >= 4 is 29.5 Å². The second kappa shape index (κ2) is 6.66. The molecule has 126 valence electrons. The molecule has 3 rings (SSSR count). The number of nitrogens with zero attached hydrogens (tertiary/aromatic N) is 1. The first-order valence-corrected chi connectivity index (χ1v) is 8.42. The maximum absolute atomic E-state index is 12.3. The van der Waals surface area contributed by atoms with Gasteiger partial charge in [0, 0.05) is 5.75 Å². The summed E-state index contributed by atoms with van der Waals surface area (Å²) in [6.45, 7) is -0.407. The van der Waals surface area contributed by atoms with Gasteiger partial charge in [0.15, 0.2) is 0 Å². The number of nitrogens with one attached hydrogen (secondary N) is 1. The molecule has 0 aromatic heterocycles. The van der Waals surface area contributed by atoms with E-state index in [1.54, 1.807) is 0 Å². The first-order chi connectivity index (χ1) is 11.5. The van der Waals surface area contributed by atoms with Crippen LogP contribution in [0, 0.1) is 0 Å². The second-order valence-corrected chi connectivity index (χ2v) is 6.64. The van der Waals surface area contributed by atoms with Crippen LogP contribution in [0.2, 0.25) is 0 Å². The van der Waals surface area contributed by atoms with Gasteiger partial charge in [-0.15, -0.1) is 11.8 Å². The number of carbonyl (C=O) groups excluding carboxylic acids is 2. The molecule has 2 aliphatic rings. The number of rotatable bonds is 5.